The number of allylic oxidation sites excluding steroid dienone is 1. The van der Waals surface area contributed by atoms with Crippen LogP contribution in [0.2, 0.25) is 0 Å². The van der Waals surface area contributed by atoms with Crippen molar-refractivity contribution in [1.29, 1.82) is 0 Å². The van der Waals surface area contributed by atoms with Crippen molar-refractivity contribution < 1.29 is 23.7 Å². The molecule has 0 amide bonds. The van der Waals surface area contributed by atoms with Crippen LogP contribution in [-0.2, 0) is 0 Å². The van der Waals surface area contributed by atoms with E-state index < -0.39 is 0 Å². The molecule has 39 heavy (non-hydrogen) atoms. The van der Waals surface area contributed by atoms with Crippen LogP contribution in [0.1, 0.15) is 115 Å². The summed E-state index contributed by atoms with van der Waals surface area (Å²) in [5, 5.41) is 0. The first-order valence-corrected chi connectivity index (χ1v) is 14.9. The van der Waals surface area contributed by atoms with Gasteiger partial charge in [0.25, 0.3) is 0 Å². The lowest BCUT2D eigenvalue weighted by Gasteiger charge is -2.21. The lowest BCUT2D eigenvalue weighted by Crippen LogP contribution is -2.14. The van der Waals surface area contributed by atoms with Crippen LogP contribution in [0.4, 0.5) is 0 Å². The van der Waals surface area contributed by atoms with Crippen molar-refractivity contribution in [2.75, 3.05) is 7.11 Å². The fraction of sp³-hybridized carbons (Fsp3) is 0.559. The average Bonchev–Trinajstić information content (AvgIpc) is 2.93. The van der Waals surface area contributed by atoms with E-state index in [1.165, 1.54) is 0 Å². The fourth-order valence-electron chi connectivity index (χ4n) is 4.37. The molecule has 5 nitrogen and oxygen atoms in total. The molecule has 0 heterocycles. The maximum absolute atomic E-state index is 13.2. The summed E-state index contributed by atoms with van der Waals surface area (Å²) in [4.78, 5) is 13.2. The molecule has 2 rings (SSSR count). The highest BCUT2D eigenvalue weighted by Gasteiger charge is 2.17. The Morgan fingerprint density at radius 1 is 0.769 bits per heavy atom. The molecule has 0 aromatic heterocycles. The van der Waals surface area contributed by atoms with Crippen LogP contribution >= 0.6 is 0 Å². The monoisotopic (exact) mass is 538 g/mol. The number of carbonyl (C=O) groups is 1. The number of hydrogen-bond donors (Lipinski definition) is 0. The topological polar surface area (TPSA) is 54.0 Å². The summed E-state index contributed by atoms with van der Waals surface area (Å²) in [6.45, 7) is 12.7. The highest BCUT2D eigenvalue weighted by molar-refractivity contribution is 6.07. The van der Waals surface area contributed by atoms with E-state index in [-0.39, 0.29) is 24.1 Å². The van der Waals surface area contributed by atoms with Gasteiger partial charge in [-0.1, -0.05) is 71.4 Å². The molecular weight excluding hydrogens is 488 g/mol. The number of rotatable bonds is 19. The summed E-state index contributed by atoms with van der Waals surface area (Å²) in [5.74, 6) is 2.54. The number of methoxy groups -OCH3 is 1. The number of unbranched alkanes of at least 4 members (excludes halogenated alkanes) is 3. The van der Waals surface area contributed by atoms with E-state index in [1.807, 2.05) is 36.4 Å². The first kappa shape index (κ1) is 32.3. The molecule has 0 bridgehead atoms. The molecule has 0 fully saturated rings. The van der Waals surface area contributed by atoms with Gasteiger partial charge in [0, 0.05) is 17.2 Å². The van der Waals surface area contributed by atoms with E-state index in [2.05, 4.69) is 41.5 Å². The molecule has 216 valence electrons. The Bertz CT molecular complexity index is 1030. The Morgan fingerprint density at radius 3 is 1.90 bits per heavy atom. The molecule has 5 heteroatoms. The van der Waals surface area contributed by atoms with Crippen molar-refractivity contribution in [2.45, 2.75) is 118 Å². The van der Waals surface area contributed by atoms with Gasteiger partial charge in [-0.25, -0.2) is 0 Å². The Morgan fingerprint density at radius 2 is 1.33 bits per heavy atom. The largest absolute Gasteiger partial charge is 0.493 e. The van der Waals surface area contributed by atoms with Crippen LogP contribution in [0.3, 0.4) is 0 Å². The zero-order valence-corrected chi connectivity index (χ0v) is 25.3. The van der Waals surface area contributed by atoms with Crippen molar-refractivity contribution in [3.05, 3.63) is 53.6 Å². The Balaban J connectivity index is 2.33. The van der Waals surface area contributed by atoms with Gasteiger partial charge in [-0.05, 0) is 70.4 Å². The van der Waals surface area contributed by atoms with Crippen molar-refractivity contribution >= 4 is 11.9 Å². The predicted molar refractivity (Wildman–Crippen MR) is 162 cm³/mol. The summed E-state index contributed by atoms with van der Waals surface area (Å²) < 4.78 is 24.4. The standard InChI is InChI=1S/C34H50O5/c1-8-11-15-25(4)37-30-19-14-18-28(22-30)32(35)21-20-29-23-31(38-26(5)16-12-9-2)24-33(36-7)34(29)39-27(6)17-13-10-3/h14,18-27H,8-13,15-17H2,1-7H3. The SMILES string of the molecule is CCCCC(C)Oc1cccc(C(=O)C=Cc2cc(OC(C)CCCC)cc(OC)c2OC(C)CCCC)c1. The van der Waals surface area contributed by atoms with E-state index >= 15 is 0 Å². The van der Waals surface area contributed by atoms with Gasteiger partial charge in [0.2, 0.25) is 0 Å². The summed E-state index contributed by atoms with van der Waals surface area (Å²) in [6, 6.07) is 11.2. The van der Waals surface area contributed by atoms with Crippen molar-refractivity contribution in [3.63, 3.8) is 0 Å². The first-order chi connectivity index (χ1) is 18.8. The zero-order valence-electron chi connectivity index (χ0n) is 25.3. The van der Waals surface area contributed by atoms with Gasteiger partial charge in [-0.2, -0.15) is 0 Å². The van der Waals surface area contributed by atoms with E-state index in [0.717, 1.165) is 63.4 Å². The minimum absolute atomic E-state index is 0.0143. The maximum atomic E-state index is 13.2. The molecule has 0 saturated heterocycles. The first-order valence-electron chi connectivity index (χ1n) is 14.9. The van der Waals surface area contributed by atoms with Crippen LogP contribution in [0, 0.1) is 0 Å². The summed E-state index contributed by atoms with van der Waals surface area (Å²) in [5.41, 5.74) is 1.34. The van der Waals surface area contributed by atoms with Gasteiger partial charge in [0.1, 0.15) is 11.5 Å². The fourth-order valence-corrected chi connectivity index (χ4v) is 4.37. The minimum atomic E-state index is -0.103. The molecule has 3 atom stereocenters. The smallest absolute Gasteiger partial charge is 0.185 e. The van der Waals surface area contributed by atoms with Gasteiger partial charge in [-0.15, -0.1) is 0 Å². The second-order valence-electron chi connectivity index (χ2n) is 10.5. The van der Waals surface area contributed by atoms with Gasteiger partial charge in [-0.3, -0.25) is 4.79 Å². The second kappa shape index (κ2) is 17.6. The molecule has 2 aromatic rings. The predicted octanol–water partition coefficient (Wildman–Crippen LogP) is 9.46. The van der Waals surface area contributed by atoms with Gasteiger partial charge < -0.3 is 18.9 Å². The number of hydrogen-bond acceptors (Lipinski definition) is 5. The Kier molecular flexibility index (Phi) is 14.6. The maximum Gasteiger partial charge on any atom is 0.185 e. The highest BCUT2D eigenvalue weighted by Crippen LogP contribution is 2.38. The number of ketones is 1. The second-order valence-corrected chi connectivity index (χ2v) is 10.5. The molecule has 0 N–H and O–H groups in total. The summed E-state index contributed by atoms with van der Waals surface area (Å²) in [7, 11) is 1.63. The normalized spacial score (nSPS) is 13.6. The van der Waals surface area contributed by atoms with Crippen LogP contribution in [0.25, 0.3) is 6.08 Å². The molecule has 0 aliphatic carbocycles. The van der Waals surface area contributed by atoms with E-state index in [0.29, 0.717) is 28.6 Å². The number of benzene rings is 2. The summed E-state index contributed by atoms with van der Waals surface area (Å²) >= 11 is 0. The Labute approximate surface area is 236 Å². The van der Waals surface area contributed by atoms with E-state index in [9.17, 15) is 4.79 Å². The van der Waals surface area contributed by atoms with Crippen molar-refractivity contribution in [2.24, 2.45) is 0 Å². The van der Waals surface area contributed by atoms with E-state index in [4.69, 9.17) is 18.9 Å². The Hall–Kier alpha value is -2.95. The van der Waals surface area contributed by atoms with Crippen LogP contribution < -0.4 is 18.9 Å². The van der Waals surface area contributed by atoms with E-state index in [1.54, 1.807) is 19.3 Å². The van der Waals surface area contributed by atoms with Gasteiger partial charge >= 0.3 is 0 Å². The lowest BCUT2D eigenvalue weighted by atomic mass is 10.1. The molecule has 0 saturated carbocycles. The minimum Gasteiger partial charge on any atom is -0.493 e. The zero-order chi connectivity index (χ0) is 28.6. The van der Waals surface area contributed by atoms with Crippen LogP contribution in [0.15, 0.2) is 42.5 Å². The van der Waals surface area contributed by atoms with Crippen molar-refractivity contribution in [3.8, 4) is 23.0 Å². The quantitative estimate of drug-likeness (QED) is 0.132. The van der Waals surface area contributed by atoms with Gasteiger partial charge in [0.15, 0.2) is 17.3 Å². The third-order valence-electron chi connectivity index (χ3n) is 6.70. The average molecular weight is 539 g/mol. The third kappa shape index (κ3) is 11.4. The molecule has 3 unspecified atom stereocenters. The highest BCUT2D eigenvalue weighted by atomic mass is 16.5. The number of ether oxygens (including phenoxy) is 4. The molecule has 0 aliphatic rings. The van der Waals surface area contributed by atoms with Crippen LogP contribution in [0.5, 0.6) is 23.0 Å². The van der Waals surface area contributed by atoms with Gasteiger partial charge in [0.05, 0.1) is 25.4 Å². The molecular formula is C34H50O5. The third-order valence-corrected chi connectivity index (χ3v) is 6.70. The summed E-state index contributed by atoms with van der Waals surface area (Å²) in [6.07, 6.45) is 13.2. The number of carbonyl (C=O) groups excluding carboxylic acids is 1. The molecule has 0 spiro atoms. The molecule has 2 aromatic carbocycles. The van der Waals surface area contributed by atoms with Crippen molar-refractivity contribution in [1.82, 2.24) is 0 Å². The lowest BCUT2D eigenvalue weighted by molar-refractivity contribution is 0.104. The van der Waals surface area contributed by atoms with Crippen LogP contribution in [-0.4, -0.2) is 31.2 Å². The molecule has 0 aliphatic heterocycles. The molecule has 0 radical (unpaired) electrons.